The molecule has 0 heterocycles. The van der Waals surface area contributed by atoms with Crippen molar-refractivity contribution < 1.29 is 14.3 Å². The normalized spacial score (nSPS) is 11.9. The number of carbonyl (C=O) groups is 1. The Balaban J connectivity index is 2.25. The minimum atomic E-state index is -0.916. The van der Waals surface area contributed by atoms with E-state index < -0.39 is 17.9 Å². The summed E-state index contributed by atoms with van der Waals surface area (Å²) < 4.78 is 5.14. The highest BCUT2D eigenvalue weighted by molar-refractivity contribution is 5.82. The van der Waals surface area contributed by atoms with Crippen LogP contribution in [-0.2, 0) is 14.3 Å². The summed E-state index contributed by atoms with van der Waals surface area (Å²) in [6.45, 7) is -0.168. The summed E-state index contributed by atoms with van der Waals surface area (Å²) in [6, 6.07) is 17.8. The van der Waals surface area contributed by atoms with Crippen LogP contribution in [0.1, 0.15) is 17.0 Å². The van der Waals surface area contributed by atoms with Crippen molar-refractivity contribution in [3.05, 3.63) is 71.8 Å². The number of hydrogen-bond donors (Lipinski definition) is 1. The van der Waals surface area contributed by atoms with Gasteiger partial charge in [-0.2, -0.15) is 0 Å². The van der Waals surface area contributed by atoms with Crippen molar-refractivity contribution in [1.29, 1.82) is 0 Å². The number of hydrogen-bond acceptors (Lipinski definition) is 4. The summed E-state index contributed by atoms with van der Waals surface area (Å²) in [4.78, 5) is 22.7. The molecule has 4 heteroatoms. The molecule has 0 bridgehead atoms. The molecule has 0 aliphatic carbocycles. The van der Waals surface area contributed by atoms with Gasteiger partial charge in [-0.05, 0) is 11.1 Å². The van der Waals surface area contributed by atoms with Crippen molar-refractivity contribution in [2.75, 3.05) is 6.61 Å². The Morgan fingerprint density at radius 2 is 1.48 bits per heavy atom. The quantitative estimate of drug-likeness (QED) is 0.820. The zero-order valence-electron chi connectivity index (χ0n) is 11.4. The third kappa shape index (κ3) is 4.00. The van der Waals surface area contributed by atoms with Gasteiger partial charge in [-0.15, -0.1) is 0 Å². The molecule has 2 rings (SSSR count). The predicted molar refractivity (Wildman–Crippen MR) is 79.4 cm³/mol. The third-order valence-corrected chi connectivity index (χ3v) is 3.06. The highest BCUT2D eigenvalue weighted by atomic mass is 16.5. The molecule has 0 aromatic heterocycles. The van der Waals surface area contributed by atoms with Gasteiger partial charge in [0.2, 0.25) is 6.29 Å². The van der Waals surface area contributed by atoms with Gasteiger partial charge in [-0.25, -0.2) is 0 Å². The lowest BCUT2D eigenvalue weighted by atomic mass is 9.91. The van der Waals surface area contributed by atoms with Crippen molar-refractivity contribution >= 4 is 12.3 Å². The van der Waals surface area contributed by atoms with Crippen molar-refractivity contribution in [2.24, 2.45) is 5.73 Å². The average molecular weight is 282 g/mol. The van der Waals surface area contributed by atoms with Crippen LogP contribution < -0.4 is 5.73 Å². The summed E-state index contributed by atoms with van der Waals surface area (Å²) >= 11 is 0. The SMILES string of the molecule is N[C@H]([C]=O)COC(=O)C(c1ccccc1)c1ccccc1. The fraction of sp³-hybridized carbons (Fsp3) is 0.176. The molecule has 0 fully saturated rings. The number of carbonyl (C=O) groups excluding carboxylic acids is 2. The first-order valence-corrected chi connectivity index (χ1v) is 6.62. The Kier molecular flexibility index (Phi) is 5.23. The van der Waals surface area contributed by atoms with Gasteiger partial charge in [0.25, 0.3) is 0 Å². The second-order valence-corrected chi connectivity index (χ2v) is 4.61. The van der Waals surface area contributed by atoms with Crippen LogP contribution in [0.15, 0.2) is 60.7 Å². The van der Waals surface area contributed by atoms with Gasteiger partial charge >= 0.3 is 5.97 Å². The van der Waals surface area contributed by atoms with Crippen LogP contribution in [0.25, 0.3) is 0 Å². The number of esters is 1. The number of rotatable bonds is 6. The van der Waals surface area contributed by atoms with E-state index in [9.17, 15) is 9.59 Å². The van der Waals surface area contributed by atoms with Crippen molar-refractivity contribution in [2.45, 2.75) is 12.0 Å². The van der Waals surface area contributed by atoms with Gasteiger partial charge in [0.05, 0.1) is 0 Å². The largest absolute Gasteiger partial charge is 0.463 e. The first-order valence-electron chi connectivity index (χ1n) is 6.62. The first kappa shape index (κ1) is 14.9. The zero-order chi connectivity index (χ0) is 15.1. The van der Waals surface area contributed by atoms with Gasteiger partial charge in [-0.1, -0.05) is 60.7 Å². The molecule has 0 saturated carbocycles. The van der Waals surface area contributed by atoms with Gasteiger partial charge in [0, 0.05) is 0 Å². The molecule has 0 amide bonds. The van der Waals surface area contributed by atoms with E-state index >= 15 is 0 Å². The fourth-order valence-corrected chi connectivity index (χ4v) is 2.04. The fourth-order valence-electron chi connectivity index (χ4n) is 2.04. The lowest BCUT2D eigenvalue weighted by Crippen LogP contribution is -2.30. The molecular formula is C17H16NO3. The second-order valence-electron chi connectivity index (χ2n) is 4.61. The van der Waals surface area contributed by atoms with E-state index in [1.54, 1.807) is 6.29 Å². The highest BCUT2D eigenvalue weighted by Gasteiger charge is 2.24. The minimum absolute atomic E-state index is 0.168. The van der Waals surface area contributed by atoms with E-state index in [-0.39, 0.29) is 6.61 Å². The average Bonchev–Trinajstić information content (AvgIpc) is 2.55. The van der Waals surface area contributed by atoms with E-state index in [1.807, 2.05) is 60.7 Å². The van der Waals surface area contributed by atoms with Crippen LogP contribution in [0.2, 0.25) is 0 Å². The third-order valence-electron chi connectivity index (χ3n) is 3.06. The molecule has 0 spiro atoms. The van der Waals surface area contributed by atoms with Crippen molar-refractivity contribution in [3.8, 4) is 0 Å². The zero-order valence-corrected chi connectivity index (χ0v) is 11.4. The number of benzene rings is 2. The Bertz CT molecular complexity index is 544. The van der Waals surface area contributed by atoms with E-state index in [1.165, 1.54) is 0 Å². The first-order chi connectivity index (χ1) is 10.2. The van der Waals surface area contributed by atoms with E-state index in [0.29, 0.717) is 0 Å². The summed E-state index contributed by atoms with van der Waals surface area (Å²) in [5.41, 5.74) is 7.06. The molecule has 107 valence electrons. The number of nitrogens with two attached hydrogens (primary N) is 1. The van der Waals surface area contributed by atoms with Gasteiger partial charge in [0.15, 0.2) is 0 Å². The highest BCUT2D eigenvalue weighted by Crippen LogP contribution is 2.25. The standard InChI is InChI=1S/C17H16NO3/c18-15(11-19)12-21-17(20)16(13-7-3-1-4-8-13)14-9-5-2-6-10-14/h1-10,15-16H,12,18H2/t15-/m1/s1. The van der Waals surface area contributed by atoms with Gasteiger partial charge in [-0.3, -0.25) is 9.59 Å². The molecule has 4 nitrogen and oxygen atoms in total. The van der Waals surface area contributed by atoms with Gasteiger partial charge in [0.1, 0.15) is 18.6 Å². The van der Waals surface area contributed by atoms with Crippen molar-refractivity contribution in [1.82, 2.24) is 0 Å². The summed E-state index contributed by atoms with van der Waals surface area (Å²) in [7, 11) is 0. The van der Waals surface area contributed by atoms with Crippen LogP contribution in [0.4, 0.5) is 0 Å². The lowest BCUT2D eigenvalue weighted by Gasteiger charge is -2.17. The molecule has 2 aromatic rings. The molecule has 1 radical (unpaired) electrons. The maximum Gasteiger partial charge on any atom is 0.317 e. The van der Waals surface area contributed by atoms with Crippen molar-refractivity contribution in [3.63, 3.8) is 0 Å². The van der Waals surface area contributed by atoms with Gasteiger partial charge < -0.3 is 10.5 Å². The molecule has 21 heavy (non-hydrogen) atoms. The van der Waals surface area contributed by atoms with Crippen LogP contribution in [-0.4, -0.2) is 24.9 Å². The molecule has 0 unspecified atom stereocenters. The Morgan fingerprint density at radius 1 is 1.00 bits per heavy atom. The van der Waals surface area contributed by atoms with E-state index in [0.717, 1.165) is 11.1 Å². The summed E-state index contributed by atoms with van der Waals surface area (Å²) in [6.07, 6.45) is 1.59. The monoisotopic (exact) mass is 282 g/mol. The second kappa shape index (κ2) is 7.36. The van der Waals surface area contributed by atoms with E-state index in [4.69, 9.17) is 10.5 Å². The molecule has 1 atom stereocenters. The van der Waals surface area contributed by atoms with Crippen LogP contribution in [0, 0.1) is 0 Å². The lowest BCUT2D eigenvalue weighted by molar-refractivity contribution is -0.144. The predicted octanol–water partition coefficient (Wildman–Crippen LogP) is 1.80. The molecule has 0 aliphatic heterocycles. The molecule has 2 aromatic carbocycles. The maximum atomic E-state index is 12.4. The topological polar surface area (TPSA) is 69.4 Å². The Hall–Kier alpha value is -2.46. The Morgan fingerprint density at radius 3 is 1.90 bits per heavy atom. The van der Waals surface area contributed by atoms with Crippen LogP contribution in [0.3, 0.4) is 0 Å². The Labute approximate surface area is 123 Å². The summed E-state index contributed by atoms with van der Waals surface area (Å²) in [5, 5.41) is 0. The summed E-state index contributed by atoms with van der Waals surface area (Å²) in [5.74, 6) is -0.968. The molecule has 2 N–H and O–H groups in total. The van der Waals surface area contributed by atoms with Crippen LogP contribution in [0.5, 0.6) is 0 Å². The van der Waals surface area contributed by atoms with Crippen LogP contribution >= 0.6 is 0 Å². The molecule has 0 saturated heterocycles. The van der Waals surface area contributed by atoms with E-state index in [2.05, 4.69) is 0 Å². The molecule has 0 aliphatic rings. The number of ether oxygens (including phenoxy) is 1. The molecular weight excluding hydrogens is 266 g/mol. The maximum absolute atomic E-state index is 12.4. The smallest absolute Gasteiger partial charge is 0.317 e. The minimum Gasteiger partial charge on any atom is -0.463 e.